The Hall–Kier alpha value is -2.17. The number of aryl methyl sites for hydroxylation is 2. The van der Waals surface area contributed by atoms with Gasteiger partial charge in [0.15, 0.2) is 0 Å². The largest absolute Gasteiger partial charge is 0.338 e. The molecule has 0 radical (unpaired) electrons. The molecule has 5 nitrogen and oxygen atoms in total. The first kappa shape index (κ1) is 16.2. The van der Waals surface area contributed by atoms with Crippen molar-refractivity contribution in [2.24, 2.45) is 5.10 Å². The molecule has 0 atom stereocenters. The highest BCUT2D eigenvalue weighted by Gasteiger charge is 2.28. The van der Waals surface area contributed by atoms with Gasteiger partial charge in [-0.25, -0.2) is 5.01 Å². The molecule has 118 valence electrons. The van der Waals surface area contributed by atoms with Crippen LogP contribution < -0.4 is 5.01 Å². The molecule has 5 heteroatoms. The molecule has 0 fully saturated rings. The number of hydrogen-bond acceptors (Lipinski definition) is 3. The average molecular weight is 301 g/mol. The summed E-state index contributed by atoms with van der Waals surface area (Å²) in [4.78, 5) is 26.4. The van der Waals surface area contributed by atoms with Crippen molar-refractivity contribution in [2.75, 3.05) is 18.1 Å². The minimum Gasteiger partial charge on any atom is -0.338 e. The van der Waals surface area contributed by atoms with Crippen LogP contribution in [0.2, 0.25) is 0 Å². The fourth-order valence-electron chi connectivity index (χ4n) is 2.54. The molecular formula is C17H23N3O2. The van der Waals surface area contributed by atoms with E-state index in [1.165, 1.54) is 5.01 Å². The van der Waals surface area contributed by atoms with Crippen LogP contribution in [0, 0.1) is 13.8 Å². The first-order chi connectivity index (χ1) is 10.5. The second kappa shape index (κ2) is 6.73. The third kappa shape index (κ3) is 3.18. The monoisotopic (exact) mass is 301 g/mol. The Balaban J connectivity index is 2.38. The van der Waals surface area contributed by atoms with Crippen molar-refractivity contribution in [3.8, 4) is 0 Å². The number of hydrazone groups is 1. The molecule has 0 saturated heterocycles. The quantitative estimate of drug-likeness (QED) is 0.858. The number of carbonyl (C=O) groups excluding carboxylic acids is 2. The maximum Gasteiger partial charge on any atom is 0.270 e. The van der Waals surface area contributed by atoms with Crippen molar-refractivity contribution < 1.29 is 9.59 Å². The molecule has 1 aliphatic heterocycles. The molecule has 0 unspecified atom stereocenters. The smallest absolute Gasteiger partial charge is 0.270 e. The van der Waals surface area contributed by atoms with Crippen LogP contribution >= 0.6 is 0 Å². The summed E-state index contributed by atoms with van der Waals surface area (Å²) in [7, 11) is 0. The molecule has 0 saturated carbocycles. The lowest BCUT2D eigenvalue weighted by Crippen LogP contribution is -2.41. The normalized spacial score (nSPS) is 14.8. The number of rotatable bonds is 4. The molecule has 0 aromatic heterocycles. The Labute approximate surface area is 131 Å². The molecule has 1 aliphatic rings. The van der Waals surface area contributed by atoms with E-state index in [-0.39, 0.29) is 11.8 Å². The average Bonchev–Trinajstić information content (AvgIpc) is 2.51. The van der Waals surface area contributed by atoms with Gasteiger partial charge in [0.2, 0.25) is 5.91 Å². The van der Waals surface area contributed by atoms with Crippen molar-refractivity contribution in [1.29, 1.82) is 0 Å². The van der Waals surface area contributed by atoms with Crippen LogP contribution in [-0.4, -0.2) is 35.5 Å². The van der Waals surface area contributed by atoms with Crippen molar-refractivity contribution in [2.45, 2.75) is 40.5 Å². The maximum absolute atomic E-state index is 12.5. The molecule has 2 amide bonds. The van der Waals surface area contributed by atoms with E-state index in [0.29, 0.717) is 31.6 Å². The number of carbonyl (C=O) groups is 2. The van der Waals surface area contributed by atoms with Gasteiger partial charge in [-0.15, -0.1) is 0 Å². The second-order valence-corrected chi connectivity index (χ2v) is 5.52. The third-order valence-electron chi connectivity index (χ3n) is 3.92. The van der Waals surface area contributed by atoms with E-state index in [1.54, 1.807) is 4.90 Å². The lowest BCUT2D eigenvalue weighted by atomic mass is 10.1. The molecule has 1 aromatic rings. The van der Waals surface area contributed by atoms with E-state index in [0.717, 1.165) is 16.8 Å². The summed E-state index contributed by atoms with van der Waals surface area (Å²) >= 11 is 0. The SMILES string of the molecule is CCN(CC)C(=O)C1=NN(c2cc(C)ccc2C)C(=O)CC1. The molecule has 0 aliphatic carbocycles. The van der Waals surface area contributed by atoms with E-state index in [4.69, 9.17) is 0 Å². The third-order valence-corrected chi connectivity index (χ3v) is 3.92. The van der Waals surface area contributed by atoms with Gasteiger partial charge >= 0.3 is 0 Å². The second-order valence-electron chi connectivity index (χ2n) is 5.52. The zero-order chi connectivity index (χ0) is 16.3. The summed E-state index contributed by atoms with van der Waals surface area (Å²) < 4.78 is 0. The molecular weight excluding hydrogens is 278 g/mol. The van der Waals surface area contributed by atoms with Gasteiger partial charge in [-0.2, -0.15) is 5.10 Å². The van der Waals surface area contributed by atoms with Gasteiger partial charge in [0, 0.05) is 25.9 Å². The minimum absolute atomic E-state index is 0.0650. The zero-order valence-electron chi connectivity index (χ0n) is 13.7. The number of hydrogen-bond donors (Lipinski definition) is 0. The Bertz CT molecular complexity index is 618. The van der Waals surface area contributed by atoms with E-state index in [1.807, 2.05) is 45.9 Å². The topological polar surface area (TPSA) is 53.0 Å². The molecule has 0 N–H and O–H groups in total. The summed E-state index contributed by atoms with van der Waals surface area (Å²) in [5.41, 5.74) is 3.25. The standard InChI is InChI=1S/C17H23N3O2/c1-5-19(6-2)17(22)14-9-10-16(21)20(18-14)15-11-12(3)7-8-13(15)4/h7-8,11H,5-6,9-10H2,1-4H3. The lowest BCUT2D eigenvalue weighted by Gasteiger charge is -2.27. The summed E-state index contributed by atoms with van der Waals surface area (Å²) in [5.74, 6) is -0.141. The lowest BCUT2D eigenvalue weighted by molar-refractivity contribution is -0.124. The van der Waals surface area contributed by atoms with E-state index >= 15 is 0 Å². The molecule has 2 rings (SSSR count). The van der Waals surface area contributed by atoms with Crippen molar-refractivity contribution in [3.63, 3.8) is 0 Å². The Morgan fingerprint density at radius 1 is 1.23 bits per heavy atom. The van der Waals surface area contributed by atoms with Gasteiger partial charge in [0.1, 0.15) is 5.71 Å². The van der Waals surface area contributed by atoms with Crippen LogP contribution in [0.1, 0.15) is 37.8 Å². The van der Waals surface area contributed by atoms with Gasteiger partial charge in [-0.05, 0) is 44.9 Å². The maximum atomic E-state index is 12.5. The zero-order valence-corrected chi connectivity index (χ0v) is 13.7. The first-order valence-corrected chi connectivity index (χ1v) is 7.74. The fourth-order valence-corrected chi connectivity index (χ4v) is 2.54. The highest BCUT2D eigenvalue weighted by Crippen LogP contribution is 2.25. The highest BCUT2D eigenvalue weighted by atomic mass is 16.2. The van der Waals surface area contributed by atoms with Crippen LogP contribution in [0.4, 0.5) is 5.69 Å². The summed E-state index contributed by atoms with van der Waals surface area (Å²) in [6.07, 6.45) is 0.731. The molecule has 0 spiro atoms. The number of nitrogens with zero attached hydrogens (tertiary/aromatic N) is 3. The summed E-state index contributed by atoms with van der Waals surface area (Å²) in [6, 6.07) is 5.90. The van der Waals surface area contributed by atoms with E-state index in [9.17, 15) is 9.59 Å². The fraction of sp³-hybridized carbons (Fsp3) is 0.471. The minimum atomic E-state index is -0.0761. The Kier molecular flexibility index (Phi) is 4.96. The number of anilines is 1. The van der Waals surface area contributed by atoms with Gasteiger partial charge in [-0.1, -0.05) is 12.1 Å². The van der Waals surface area contributed by atoms with Gasteiger partial charge in [-0.3, -0.25) is 9.59 Å². The van der Waals surface area contributed by atoms with Gasteiger partial charge in [0.05, 0.1) is 5.69 Å². The number of benzene rings is 1. The van der Waals surface area contributed by atoms with Crippen LogP contribution in [0.15, 0.2) is 23.3 Å². The molecule has 1 heterocycles. The Morgan fingerprint density at radius 2 is 1.91 bits per heavy atom. The van der Waals surface area contributed by atoms with E-state index in [2.05, 4.69) is 5.10 Å². The first-order valence-electron chi connectivity index (χ1n) is 7.74. The molecule has 1 aromatic carbocycles. The van der Waals surface area contributed by atoms with Gasteiger partial charge in [0.25, 0.3) is 5.91 Å². The van der Waals surface area contributed by atoms with E-state index < -0.39 is 0 Å². The number of amides is 2. The van der Waals surface area contributed by atoms with Gasteiger partial charge < -0.3 is 4.90 Å². The molecule has 0 bridgehead atoms. The van der Waals surface area contributed by atoms with Crippen molar-refractivity contribution in [3.05, 3.63) is 29.3 Å². The van der Waals surface area contributed by atoms with Crippen molar-refractivity contribution >= 4 is 23.2 Å². The van der Waals surface area contributed by atoms with Crippen LogP contribution in [0.5, 0.6) is 0 Å². The highest BCUT2D eigenvalue weighted by molar-refractivity contribution is 6.40. The predicted molar refractivity (Wildman–Crippen MR) is 88.0 cm³/mol. The van der Waals surface area contributed by atoms with Crippen LogP contribution in [0.25, 0.3) is 0 Å². The summed E-state index contributed by atoms with van der Waals surface area (Å²) in [6.45, 7) is 9.09. The summed E-state index contributed by atoms with van der Waals surface area (Å²) in [5, 5.41) is 5.75. The molecule has 22 heavy (non-hydrogen) atoms. The van der Waals surface area contributed by atoms with Crippen molar-refractivity contribution in [1.82, 2.24) is 4.90 Å². The Morgan fingerprint density at radius 3 is 2.55 bits per heavy atom. The van der Waals surface area contributed by atoms with Crippen LogP contribution in [-0.2, 0) is 9.59 Å². The predicted octanol–water partition coefficient (Wildman–Crippen LogP) is 2.65. The van der Waals surface area contributed by atoms with Crippen LogP contribution in [0.3, 0.4) is 0 Å².